The third kappa shape index (κ3) is 3.91. The number of nitrogens with zero attached hydrogens (tertiary/aromatic N) is 4. The molecule has 2 heterocycles. The second-order valence-corrected chi connectivity index (χ2v) is 6.60. The van der Waals surface area contributed by atoms with Gasteiger partial charge < -0.3 is 19.6 Å². The minimum Gasteiger partial charge on any atom is -0.388 e. The van der Waals surface area contributed by atoms with E-state index in [4.69, 9.17) is 4.74 Å². The fourth-order valence-electron chi connectivity index (χ4n) is 3.10. The van der Waals surface area contributed by atoms with Gasteiger partial charge in [-0.25, -0.2) is 14.4 Å². The van der Waals surface area contributed by atoms with Gasteiger partial charge in [0.2, 0.25) is 0 Å². The van der Waals surface area contributed by atoms with Gasteiger partial charge in [0.05, 0.1) is 31.6 Å². The summed E-state index contributed by atoms with van der Waals surface area (Å²) in [4.78, 5) is 24.3. The molecule has 1 fully saturated rings. The van der Waals surface area contributed by atoms with E-state index in [9.17, 15) is 14.3 Å². The Balaban J connectivity index is 1.82. The zero-order chi connectivity index (χ0) is 19.6. The van der Waals surface area contributed by atoms with Crippen molar-refractivity contribution in [3.63, 3.8) is 0 Å². The number of hydrogen-bond acceptors (Lipinski definition) is 6. The monoisotopic (exact) mass is 374 g/mol. The van der Waals surface area contributed by atoms with E-state index in [2.05, 4.69) is 9.97 Å². The van der Waals surface area contributed by atoms with Crippen LogP contribution in [-0.2, 0) is 4.74 Å². The molecule has 1 aromatic carbocycles. The summed E-state index contributed by atoms with van der Waals surface area (Å²) in [6.07, 6.45) is 0.460. The third-order valence-corrected chi connectivity index (χ3v) is 4.56. The second kappa shape index (κ2) is 7.98. The molecule has 2 aromatic rings. The topological polar surface area (TPSA) is 78.8 Å². The smallest absolute Gasteiger partial charge is 0.254 e. The quantitative estimate of drug-likeness (QED) is 0.856. The van der Waals surface area contributed by atoms with Gasteiger partial charge in [-0.1, -0.05) is 12.1 Å². The first-order valence-corrected chi connectivity index (χ1v) is 8.79. The van der Waals surface area contributed by atoms with E-state index in [1.807, 2.05) is 6.92 Å². The van der Waals surface area contributed by atoms with Gasteiger partial charge in [0.25, 0.3) is 5.91 Å². The van der Waals surface area contributed by atoms with E-state index in [1.165, 1.54) is 0 Å². The number of carbonyl (C=O) groups is 1. The Kier molecular flexibility index (Phi) is 5.67. The molecule has 0 radical (unpaired) electrons. The first kappa shape index (κ1) is 19.2. The summed E-state index contributed by atoms with van der Waals surface area (Å²) in [5, 5.41) is 10.0. The van der Waals surface area contributed by atoms with Gasteiger partial charge in [-0.05, 0) is 19.1 Å². The van der Waals surface area contributed by atoms with Crippen LogP contribution in [0.4, 0.5) is 10.2 Å². The van der Waals surface area contributed by atoms with E-state index in [0.29, 0.717) is 30.1 Å². The highest BCUT2D eigenvalue weighted by Gasteiger charge is 2.34. The number of aliphatic hydroxyl groups excluding tert-OH is 1. The molecule has 1 aromatic heterocycles. The van der Waals surface area contributed by atoms with Crippen molar-refractivity contribution in [3.05, 3.63) is 41.8 Å². The number of benzene rings is 1. The highest BCUT2D eigenvalue weighted by molar-refractivity contribution is 5.95. The van der Waals surface area contributed by atoms with Gasteiger partial charge in [-0.2, -0.15) is 0 Å². The number of carbonyl (C=O) groups excluding carboxylic acids is 1. The summed E-state index contributed by atoms with van der Waals surface area (Å²) in [5.74, 6) is -0.0855. The lowest BCUT2D eigenvalue weighted by molar-refractivity contribution is 0.0520. The van der Waals surface area contributed by atoms with E-state index in [0.717, 1.165) is 6.20 Å². The molecule has 2 atom stereocenters. The van der Waals surface area contributed by atoms with E-state index >= 15 is 0 Å². The lowest BCUT2D eigenvalue weighted by Gasteiger charge is -2.28. The zero-order valence-electron chi connectivity index (χ0n) is 15.6. The Bertz CT molecular complexity index is 813. The van der Waals surface area contributed by atoms with Crippen molar-refractivity contribution in [3.8, 4) is 11.4 Å². The number of amides is 1. The molecule has 7 nitrogen and oxygen atoms in total. The van der Waals surface area contributed by atoms with Crippen LogP contribution in [0, 0.1) is 5.82 Å². The first-order chi connectivity index (χ1) is 12.9. The molecule has 144 valence electrons. The molecule has 1 aliphatic heterocycles. The Labute approximate surface area is 157 Å². The average Bonchev–Trinajstić information content (AvgIpc) is 3.08. The van der Waals surface area contributed by atoms with Crippen LogP contribution < -0.4 is 4.90 Å². The van der Waals surface area contributed by atoms with Crippen molar-refractivity contribution in [1.82, 2.24) is 14.9 Å². The predicted molar refractivity (Wildman–Crippen MR) is 99.1 cm³/mol. The number of aliphatic hydroxyl groups is 1. The Hall–Kier alpha value is -2.58. The molecule has 8 heteroatoms. The number of anilines is 1. The minimum absolute atomic E-state index is 0.174. The van der Waals surface area contributed by atoms with Crippen LogP contribution in [0.1, 0.15) is 17.3 Å². The summed E-state index contributed by atoms with van der Waals surface area (Å²) in [6.45, 7) is 2.91. The first-order valence-electron chi connectivity index (χ1n) is 8.79. The molecule has 1 amide bonds. The van der Waals surface area contributed by atoms with Crippen LogP contribution in [0.2, 0.25) is 0 Å². The van der Waals surface area contributed by atoms with Crippen molar-refractivity contribution in [2.75, 3.05) is 38.8 Å². The summed E-state index contributed by atoms with van der Waals surface area (Å²) >= 11 is 0. The number of hydrogen-bond donors (Lipinski definition) is 1. The maximum atomic E-state index is 13.8. The molecule has 0 aliphatic carbocycles. The maximum absolute atomic E-state index is 13.8. The van der Waals surface area contributed by atoms with Crippen LogP contribution in [0.5, 0.6) is 0 Å². The van der Waals surface area contributed by atoms with Gasteiger partial charge in [-0.15, -0.1) is 0 Å². The Morgan fingerprint density at radius 2 is 2.00 bits per heavy atom. The van der Waals surface area contributed by atoms with Crippen LogP contribution in [-0.4, -0.2) is 71.9 Å². The lowest BCUT2D eigenvalue weighted by atomic mass is 10.1. The predicted octanol–water partition coefficient (Wildman–Crippen LogP) is 1.57. The van der Waals surface area contributed by atoms with Crippen LogP contribution in [0.25, 0.3) is 11.4 Å². The van der Waals surface area contributed by atoms with E-state index in [-0.39, 0.29) is 24.4 Å². The molecule has 0 unspecified atom stereocenters. The molecule has 27 heavy (non-hydrogen) atoms. The van der Waals surface area contributed by atoms with E-state index in [1.54, 1.807) is 48.2 Å². The van der Waals surface area contributed by atoms with Crippen LogP contribution in [0.3, 0.4) is 0 Å². The lowest BCUT2D eigenvalue weighted by Crippen LogP contribution is -2.46. The van der Waals surface area contributed by atoms with Crippen LogP contribution >= 0.6 is 0 Å². The van der Waals surface area contributed by atoms with Gasteiger partial charge in [0, 0.05) is 31.8 Å². The number of aromatic nitrogens is 2. The highest BCUT2D eigenvalue weighted by atomic mass is 19.1. The summed E-state index contributed by atoms with van der Waals surface area (Å²) in [6, 6.07) is 6.49. The van der Waals surface area contributed by atoms with Crippen molar-refractivity contribution in [1.29, 1.82) is 0 Å². The molecule has 0 bridgehead atoms. The molecule has 0 saturated carbocycles. The SMILES string of the molecule is CCN(C(=O)c1ccc(-c2ncc(F)c(N(C)C)n2)cc1)[C@H]1COC[C@@H]1O. The van der Waals surface area contributed by atoms with Gasteiger partial charge in [-0.3, -0.25) is 4.79 Å². The molecule has 0 spiro atoms. The normalized spacial score (nSPS) is 19.1. The Morgan fingerprint density at radius 3 is 2.56 bits per heavy atom. The fourth-order valence-corrected chi connectivity index (χ4v) is 3.10. The number of ether oxygens (including phenoxy) is 1. The summed E-state index contributed by atoms with van der Waals surface area (Å²) < 4.78 is 19.0. The standard InChI is InChI=1S/C19H23FN4O3/c1-4-24(15-10-27-11-16(15)25)19(26)13-7-5-12(6-8-13)17-21-9-14(20)18(22-17)23(2)3/h5-9,15-16,25H,4,10-11H2,1-3H3/t15-,16-/m0/s1. The second-order valence-electron chi connectivity index (χ2n) is 6.60. The molecule has 3 rings (SSSR count). The minimum atomic E-state index is -0.676. The fraction of sp³-hybridized carbons (Fsp3) is 0.421. The molecule has 1 N–H and O–H groups in total. The molecule has 1 saturated heterocycles. The Morgan fingerprint density at radius 1 is 1.30 bits per heavy atom. The third-order valence-electron chi connectivity index (χ3n) is 4.56. The molecule has 1 aliphatic rings. The van der Waals surface area contributed by atoms with Crippen molar-refractivity contribution in [2.45, 2.75) is 19.1 Å². The van der Waals surface area contributed by atoms with E-state index < -0.39 is 11.9 Å². The van der Waals surface area contributed by atoms with Crippen molar-refractivity contribution < 1.29 is 19.0 Å². The number of likely N-dealkylation sites (N-methyl/N-ethyl adjacent to an activating group) is 1. The largest absolute Gasteiger partial charge is 0.388 e. The van der Waals surface area contributed by atoms with Gasteiger partial charge in [0.15, 0.2) is 17.5 Å². The van der Waals surface area contributed by atoms with Gasteiger partial charge in [0.1, 0.15) is 0 Å². The summed E-state index contributed by atoms with van der Waals surface area (Å²) in [5.41, 5.74) is 1.18. The maximum Gasteiger partial charge on any atom is 0.254 e. The highest BCUT2D eigenvalue weighted by Crippen LogP contribution is 2.22. The molecular formula is C19H23FN4O3. The van der Waals surface area contributed by atoms with Gasteiger partial charge >= 0.3 is 0 Å². The van der Waals surface area contributed by atoms with Crippen LogP contribution in [0.15, 0.2) is 30.5 Å². The zero-order valence-corrected chi connectivity index (χ0v) is 15.6. The summed E-state index contributed by atoms with van der Waals surface area (Å²) in [7, 11) is 3.41. The van der Waals surface area contributed by atoms with Crippen molar-refractivity contribution in [2.24, 2.45) is 0 Å². The average molecular weight is 374 g/mol. The number of rotatable bonds is 5. The van der Waals surface area contributed by atoms with Crippen molar-refractivity contribution >= 4 is 11.7 Å². The molecular weight excluding hydrogens is 351 g/mol. The number of halogens is 1.